The Kier molecular flexibility index (Phi) is 6.13. The molecular formula is C20H21F2N3O2. The van der Waals surface area contributed by atoms with Gasteiger partial charge in [-0.1, -0.05) is 24.3 Å². The van der Waals surface area contributed by atoms with E-state index in [1.165, 1.54) is 6.07 Å². The van der Waals surface area contributed by atoms with Crippen molar-refractivity contribution in [1.29, 1.82) is 0 Å². The van der Waals surface area contributed by atoms with Crippen LogP contribution in [0.15, 0.2) is 48.5 Å². The number of benzene rings is 2. The van der Waals surface area contributed by atoms with Gasteiger partial charge >= 0.3 is 0 Å². The van der Waals surface area contributed by atoms with Gasteiger partial charge in [0.2, 0.25) is 11.8 Å². The summed E-state index contributed by atoms with van der Waals surface area (Å²) in [5.41, 5.74) is 0.329. The van der Waals surface area contributed by atoms with Crippen LogP contribution in [0.25, 0.3) is 0 Å². The third-order valence-corrected chi connectivity index (χ3v) is 4.59. The maximum Gasteiger partial charge on any atom is 0.238 e. The SMILES string of the molecule is O=C(CN1CCC(C(=O)Nc2ccccc2)CC1)Nc1c(F)cccc1F. The number of anilines is 2. The van der Waals surface area contributed by atoms with Gasteiger partial charge in [0.1, 0.15) is 17.3 Å². The van der Waals surface area contributed by atoms with Gasteiger partial charge in [0, 0.05) is 11.6 Å². The lowest BCUT2D eigenvalue weighted by molar-refractivity contribution is -0.121. The van der Waals surface area contributed by atoms with Crippen LogP contribution in [0.4, 0.5) is 20.2 Å². The van der Waals surface area contributed by atoms with E-state index in [0.29, 0.717) is 25.9 Å². The monoisotopic (exact) mass is 373 g/mol. The highest BCUT2D eigenvalue weighted by atomic mass is 19.1. The first-order chi connectivity index (χ1) is 13.0. The highest BCUT2D eigenvalue weighted by molar-refractivity contribution is 5.93. The molecule has 142 valence electrons. The fourth-order valence-corrected chi connectivity index (χ4v) is 3.12. The number of hydrogen-bond donors (Lipinski definition) is 2. The lowest BCUT2D eigenvalue weighted by Crippen LogP contribution is -2.41. The van der Waals surface area contributed by atoms with E-state index < -0.39 is 23.2 Å². The average molecular weight is 373 g/mol. The molecule has 7 heteroatoms. The zero-order valence-corrected chi connectivity index (χ0v) is 14.8. The number of carbonyl (C=O) groups excluding carboxylic acids is 2. The van der Waals surface area contributed by atoms with Crippen molar-refractivity contribution in [1.82, 2.24) is 4.90 Å². The third kappa shape index (κ3) is 5.10. The van der Waals surface area contributed by atoms with E-state index in [1.54, 1.807) is 0 Å². The number of piperidine rings is 1. The Bertz CT molecular complexity index is 786. The minimum atomic E-state index is -0.806. The summed E-state index contributed by atoms with van der Waals surface area (Å²) >= 11 is 0. The number of rotatable bonds is 5. The van der Waals surface area contributed by atoms with Crippen LogP contribution >= 0.6 is 0 Å². The first kappa shape index (κ1) is 19.0. The van der Waals surface area contributed by atoms with E-state index in [0.717, 1.165) is 17.8 Å². The molecule has 5 nitrogen and oxygen atoms in total. The molecule has 1 heterocycles. The molecule has 1 aliphatic heterocycles. The van der Waals surface area contributed by atoms with Gasteiger partial charge in [-0.15, -0.1) is 0 Å². The fourth-order valence-electron chi connectivity index (χ4n) is 3.12. The summed E-state index contributed by atoms with van der Waals surface area (Å²) in [4.78, 5) is 26.3. The number of likely N-dealkylation sites (tertiary alicyclic amines) is 1. The fraction of sp³-hybridized carbons (Fsp3) is 0.300. The number of hydrogen-bond acceptors (Lipinski definition) is 3. The highest BCUT2D eigenvalue weighted by Gasteiger charge is 2.26. The molecule has 1 saturated heterocycles. The normalized spacial score (nSPS) is 15.3. The number of nitrogens with one attached hydrogen (secondary N) is 2. The van der Waals surface area contributed by atoms with Crippen molar-refractivity contribution >= 4 is 23.2 Å². The molecule has 2 amide bonds. The Balaban J connectivity index is 1.46. The van der Waals surface area contributed by atoms with E-state index in [-0.39, 0.29) is 18.4 Å². The van der Waals surface area contributed by atoms with Gasteiger partial charge in [0.25, 0.3) is 0 Å². The number of amides is 2. The molecule has 0 saturated carbocycles. The zero-order valence-electron chi connectivity index (χ0n) is 14.8. The van der Waals surface area contributed by atoms with Crippen LogP contribution in [0.5, 0.6) is 0 Å². The van der Waals surface area contributed by atoms with Crippen LogP contribution in [0.2, 0.25) is 0 Å². The van der Waals surface area contributed by atoms with E-state index in [1.807, 2.05) is 35.2 Å². The third-order valence-electron chi connectivity index (χ3n) is 4.59. The maximum atomic E-state index is 13.6. The standard InChI is InChI=1S/C20H21F2N3O2/c21-16-7-4-8-17(22)19(16)24-18(26)13-25-11-9-14(10-12-25)20(27)23-15-5-2-1-3-6-15/h1-8,14H,9-13H2,(H,23,27)(H,24,26). The molecule has 0 spiro atoms. The Morgan fingerprint density at radius 1 is 0.926 bits per heavy atom. The van der Waals surface area contributed by atoms with Gasteiger partial charge in [-0.2, -0.15) is 0 Å². The van der Waals surface area contributed by atoms with E-state index in [2.05, 4.69) is 10.6 Å². The van der Waals surface area contributed by atoms with Crippen LogP contribution in [0.3, 0.4) is 0 Å². The molecule has 3 rings (SSSR count). The van der Waals surface area contributed by atoms with Gasteiger partial charge in [-0.3, -0.25) is 14.5 Å². The number of para-hydroxylation sites is 2. The van der Waals surface area contributed by atoms with Crippen molar-refractivity contribution in [2.45, 2.75) is 12.8 Å². The number of halogens is 2. The van der Waals surface area contributed by atoms with Crippen LogP contribution in [0, 0.1) is 17.6 Å². The molecule has 2 aromatic carbocycles. The van der Waals surface area contributed by atoms with Crippen LogP contribution in [0.1, 0.15) is 12.8 Å². The topological polar surface area (TPSA) is 61.4 Å². The zero-order chi connectivity index (χ0) is 19.2. The maximum absolute atomic E-state index is 13.6. The summed E-state index contributed by atoms with van der Waals surface area (Å²) < 4.78 is 27.2. The summed E-state index contributed by atoms with van der Waals surface area (Å²) in [6.45, 7) is 1.17. The van der Waals surface area contributed by atoms with E-state index >= 15 is 0 Å². The smallest absolute Gasteiger partial charge is 0.238 e. The molecule has 1 aliphatic rings. The van der Waals surface area contributed by atoms with Gasteiger partial charge in [0.15, 0.2) is 0 Å². The molecule has 1 fully saturated rings. The summed E-state index contributed by atoms with van der Waals surface area (Å²) in [5.74, 6) is -2.24. The summed E-state index contributed by atoms with van der Waals surface area (Å²) in [5, 5.41) is 5.17. The van der Waals surface area contributed by atoms with E-state index in [4.69, 9.17) is 0 Å². The predicted molar refractivity (Wildman–Crippen MR) is 99.2 cm³/mol. The second kappa shape index (κ2) is 8.73. The minimum Gasteiger partial charge on any atom is -0.326 e. The Morgan fingerprint density at radius 3 is 2.19 bits per heavy atom. The quantitative estimate of drug-likeness (QED) is 0.846. The number of carbonyl (C=O) groups is 2. The lowest BCUT2D eigenvalue weighted by atomic mass is 9.96. The van der Waals surface area contributed by atoms with Crippen molar-refractivity contribution in [3.63, 3.8) is 0 Å². The summed E-state index contributed by atoms with van der Waals surface area (Å²) in [6.07, 6.45) is 1.25. The van der Waals surface area contributed by atoms with Crippen molar-refractivity contribution < 1.29 is 18.4 Å². The molecule has 0 radical (unpaired) electrons. The van der Waals surface area contributed by atoms with Crippen LogP contribution in [-0.4, -0.2) is 36.3 Å². The Labute approximate surface area is 156 Å². The average Bonchev–Trinajstić information content (AvgIpc) is 2.66. The second-order valence-corrected chi connectivity index (χ2v) is 6.55. The second-order valence-electron chi connectivity index (χ2n) is 6.55. The highest BCUT2D eigenvalue weighted by Crippen LogP contribution is 2.21. The molecule has 2 N–H and O–H groups in total. The summed E-state index contributed by atoms with van der Waals surface area (Å²) in [7, 11) is 0. The predicted octanol–water partition coefficient (Wildman–Crippen LogP) is 3.25. The molecular weight excluding hydrogens is 352 g/mol. The van der Waals surface area contributed by atoms with Gasteiger partial charge in [0.05, 0.1) is 6.54 Å². The molecule has 27 heavy (non-hydrogen) atoms. The van der Waals surface area contributed by atoms with Crippen molar-refractivity contribution in [3.05, 3.63) is 60.2 Å². The number of nitrogens with zero attached hydrogens (tertiary/aromatic N) is 1. The van der Waals surface area contributed by atoms with E-state index in [9.17, 15) is 18.4 Å². The largest absolute Gasteiger partial charge is 0.326 e. The Morgan fingerprint density at radius 2 is 1.56 bits per heavy atom. The van der Waals surface area contributed by atoms with Crippen LogP contribution < -0.4 is 10.6 Å². The van der Waals surface area contributed by atoms with Gasteiger partial charge in [-0.05, 0) is 50.2 Å². The molecule has 0 aliphatic carbocycles. The van der Waals surface area contributed by atoms with Crippen molar-refractivity contribution in [2.24, 2.45) is 5.92 Å². The molecule has 0 aromatic heterocycles. The van der Waals surface area contributed by atoms with Crippen molar-refractivity contribution in [3.8, 4) is 0 Å². The Hall–Kier alpha value is -2.80. The van der Waals surface area contributed by atoms with Gasteiger partial charge in [-0.25, -0.2) is 8.78 Å². The first-order valence-corrected chi connectivity index (χ1v) is 8.85. The molecule has 0 unspecified atom stereocenters. The molecule has 0 bridgehead atoms. The minimum absolute atomic E-state index is 0.0286. The van der Waals surface area contributed by atoms with Gasteiger partial charge < -0.3 is 10.6 Å². The first-order valence-electron chi connectivity index (χ1n) is 8.85. The lowest BCUT2D eigenvalue weighted by Gasteiger charge is -2.30. The summed E-state index contributed by atoms with van der Waals surface area (Å²) in [6, 6.07) is 12.7. The molecule has 2 aromatic rings. The molecule has 0 atom stereocenters. The van der Waals surface area contributed by atoms with Crippen molar-refractivity contribution in [2.75, 3.05) is 30.3 Å². The van der Waals surface area contributed by atoms with Crippen LogP contribution in [-0.2, 0) is 9.59 Å².